The maximum atomic E-state index is 12.3. The third-order valence-electron chi connectivity index (χ3n) is 5.01. The van der Waals surface area contributed by atoms with Crippen molar-refractivity contribution in [3.63, 3.8) is 0 Å². The number of amides is 1. The van der Waals surface area contributed by atoms with Crippen LogP contribution in [0.15, 0.2) is 0 Å². The highest BCUT2D eigenvalue weighted by Gasteiger charge is 2.27. The van der Waals surface area contributed by atoms with Crippen molar-refractivity contribution in [2.75, 3.05) is 45.8 Å². The normalized spacial score (nSPS) is 26.1. The summed E-state index contributed by atoms with van der Waals surface area (Å²) in [6.45, 7) is 10.7. The predicted octanol–water partition coefficient (Wildman–Crippen LogP) is 1.17. The highest BCUT2D eigenvalue weighted by atomic mass is 16.3. The molecule has 2 aliphatic rings. The zero-order valence-electron chi connectivity index (χ0n) is 14.3. The predicted molar refractivity (Wildman–Crippen MR) is 88.8 cm³/mol. The Bertz CT molecular complexity index is 343. The van der Waals surface area contributed by atoms with Crippen LogP contribution >= 0.6 is 0 Å². The van der Waals surface area contributed by atoms with Gasteiger partial charge in [0.05, 0.1) is 6.10 Å². The van der Waals surface area contributed by atoms with Crippen LogP contribution in [0.4, 0.5) is 0 Å². The summed E-state index contributed by atoms with van der Waals surface area (Å²) in [5, 5.41) is 9.60. The number of aliphatic hydroxyl groups is 1. The van der Waals surface area contributed by atoms with Crippen LogP contribution < -0.4 is 0 Å². The van der Waals surface area contributed by atoms with E-state index in [1.54, 1.807) is 0 Å². The average molecular weight is 311 g/mol. The summed E-state index contributed by atoms with van der Waals surface area (Å²) in [6, 6.07) is 0.508. The zero-order valence-corrected chi connectivity index (χ0v) is 14.3. The van der Waals surface area contributed by atoms with Gasteiger partial charge in [0.15, 0.2) is 0 Å². The Morgan fingerprint density at radius 3 is 2.55 bits per heavy atom. The van der Waals surface area contributed by atoms with Gasteiger partial charge in [0.1, 0.15) is 0 Å². The van der Waals surface area contributed by atoms with Crippen molar-refractivity contribution in [2.24, 2.45) is 0 Å². The van der Waals surface area contributed by atoms with Crippen LogP contribution in [0.1, 0.15) is 46.0 Å². The Morgan fingerprint density at radius 2 is 1.91 bits per heavy atom. The molecule has 0 saturated carbocycles. The van der Waals surface area contributed by atoms with Crippen LogP contribution in [0.2, 0.25) is 0 Å². The largest absolute Gasteiger partial charge is 0.392 e. The van der Waals surface area contributed by atoms with Crippen molar-refractivity contribution >= 4 is 5.91 Å². The average Bonchev–Trinajstić information content (AvgIpc) is 2.54. The SMILES string of the molecule is CC[C@@H]1CN(CCC(=O)N2CCCCC2)CCN1C[C@@H](C)O. The number of hydrogen-bond acceptors (Lipinski definition) is 4. The van der Waals surface area contributed by atoms with Gasteiger partial charge in [0.2, 0.25) is 5.91 Å². The summed E-state index contributed by atoms with van der Waals surface area (Å²) >= 11 is 0. The summed E-state index contributed by atoms with van der Waals surface area (Å²) in [6.07, 6.45) is 5.11. The number of rotatable bonds is 6. The molecule has 0 radical (unpaired) electrons. The van der Waals surface area contributed by atoms with E-state index in [-0.39, 0.29) is 6.10 Å². The van der Waals surface area contributed by atoms with Crippen LogP contribution in [-0.4, -0.2) is 83.7 Å². The molecule has 128 valence electrons. The Kier molecular flexibility index (Phi) is 7.12. The molecule has 0 spiro atoms. The number of piperazine rings is 1. The van der Waals surface area contributed by atoms with Crippen molar-refractivity contribution in [3.8, 4) is 0 Å². The van der Waals surface area contributed by atoms with Crippen molar-refractivity contribution in [3.05, 3.63) is 0 Å². The number of likely N-dealkylation sites (tertiary alicyclic amines) is 1. The Balaban J connectivity index is 1.73. The first-order chi connectivity index (χ1) is 10.6. The van der Waals surface area contributed by atoms with Gasteiger partial charge in [-0.15, -0.1) is 0 Å². The van der Waals surface area contributed by atoms with E-state index in [1.807, 2.05) is 11.8 Å². The van der Waals surface area contributed by atoms with E-state index >= 15 is 0 Å². The highest BCUT2D eigenvalue weighted by Crippen LogP contribution is 2.15. The number of carbonyl (C=O) groups is 1. The maximum Gasteiger partial charge on any atom is 0.223 e. The monoisotopic (exact) mass is 311 g/mol. The van der Waals surface area contributed by atoms with Crippen LogP contribution in [-0.2, 0) is 4.79 Å². The Morgan fingerprint density at radius 1 is 1.18 bits per heavy atom. The van der Waals surface area contributed by atoms with Gasteiger partial charge in [-0.25, -0.2) is 0 Å². The molecular weight excluding hydrogens is 278 g/mol. The van der Waals surface area contributed by atoms with Gasteiger partial charge in [-0.1, -0.05) is 6.92 Å². The lowest BCUT2D eigenvalue weighted by Crippen LogP contribution is -2.54. The standard InChI is InChI=1S/C17H33N3O2/c1-3-16-14-18(11-12-20(16)13-15(2)21)10-7-17(22)19-8-5-4-6-9-19/h15-16,21H,3-14H2,1-2H3/t15-,16-/m1/s1. The van der Waals surface area contributed by atoms with E-state index in [1.165, 1.54) is 19.3 Å². The number of hydrogen-bond donors (Lipinski definition) is 1. The van der Waals surface area contributed by atoms with Gasteiger partial charge in [-0.05, 0) is 32.6 Å². The highest BCUT2D eigenvalue weighted by molar-refractivity contribution is 5.76. The molecule has 5 heteroatoms. The fourth-order valence-corrected chi connectivity index (χ4v) is 3.68. The molecule has 5 nitrogen and oxygen atoms in total. The molecule has 1 N–H and O–H groups in total. The topological polar surface area (TPSA) is 47.0 Å². The zero-order chi connectivity index (χ0) is 15.9. The van der Waals surface area contributed by atoms with Gasteiger partial charge >= 0.3 is 0 Å². The second kappa shape index (κ2) is 8.85. The molecule has 22 heavy (non-hydrogen) atoms. The Hall–Kier alpha value is -0.650. The lowest BCUT2D eigenvalue weighted by atomic mass is 10.1. The summed E-state index contributed by atoms with van der Waals surface area (Å²) < 4.78 is 0. The number of piperidine rings is 1. The fourth-order valence-electron chi connectivity index (χ4n) is 3.68. The van der Waals surface area contributed by atoms with Gasteiger partial charge in [0, 0.05) is 58.3 Å². The molecule has 2 atom stereocenters. The molecule has 2 rings (SSSR count). The van der Waals surface area contributed by atoms with E-state index in [0.717, 1.165) is 52.2 Å². The first-order valence-electron chi connectivity index (χ1n) is 9.02. The molecular formula is C17H33N3O2. The molecule has 0 aliphatic carbocycles. The lowest BCUT2D eigenvalue weighted by molar-refractivity contribution is -0.132. The molecule has 2 heterocycles. The van der Waals surface area contributed by atoms with Crippen molar-refractivity contribution in [2.45, 2.75) is 58.1 Å². The minimum absolute atomic E-state index is 0.263. The van der Waals surface area contributed by atoms with Crippen molar-refractivity contribution in [1.82, 2.24) is 14.7 Å². The summed E-state index contributed by atoms with van der Waals surface area (Å²) in [5.41, 5.74) is 0. The summed E-state index contributed by atoms with van der Waals surface area (Å²) in [5.74, 6) is 0.333. The summed E-state index contributed by atoms with van der Waals surface area (Å²) in [4.78, 5) is 19.1. The van der Waals surface area contributed by atoms with Crippen molar-refractivity contribution in [1.29, 1.82) is 0 Å². The van der Waals surface area contributed by atoms with Crippen LogP contribution in [0, 0.1) is 0 Å². The molecule has 1 amide bonds. The maximum absolute atomic E-state index is 12.3. The smallest absolute Gasteiger partial charge is 0.223 e. The molecule has 0 aromatic carbocycles. The second-order valence-corrected chi connectivity index (χ2v) is 6.90. The van der Waals surface area contributed by atoms with Gasteiger partial charge in [-0.2, -0.15) is 0 Å². The first kappa shape index (κ1) is 17.7. The van der Waals surface area contributed by atoms with Crippen LogP contribution in [0.3, 0.4) is 0 Å². The Labute approximate surface area is 135 Å². The number of nitrogens with zero attached hydrogens (tertiary/aromatic N) is 3. The van der Waals surface area contributed by atoms with Crippen molar-refractivity contribution < 1.29 is 9.90 Å². The minimum atomic E-state index is -0.263. The van der Waals surface area contributed by atoms with Crippen LogP contribution in [0.25, 0.3) is 0 Å². The third-order valence-corrected chi connectivity index (χ3v) is 5.01. The molecule has 0 unspecified atom stereocenters. The lowest BCUT2D eigenvalue weighted by Gasteiger charge is -2.41. The third kappa shape index (κ3) is 5.21. The molecule has 2 fully saturated rings. The van der Waals surface area contributed by atoms with Crippen LogP contribution in [0.5, 0.6) is 0 Å². The van der Waals surface area contributed by atoms with E-state index in [0.29, 0.717) is 18.4 Å². The number of β-amino-alcohol motifs (C(OH)–C–C–N with tert-alkyl or cyclic N) is 1. The molecule has 0 bridgehead atoms. The van der Waals surface area contributed by atoms with E-state index in [4.69, 9.17) is 0 Å². The molecule has 2 aliphatic heterocycles. The van der Waals surface area contributed by atoms with E-state index < -0.39 is 0 Å². The molecule has 2 saturated heterocycles. The van der Waals surface area contributed by atoms with E-state index in [2.05, 4.69) is 16.7 Å². The van der Waals surface area contributed by atoms with E-state index in [9.17, 15) is 9.90 Å². The van der Waals surface area contributed by atoms with Gasteiger partial charge in [0.25, 0.3) is 0 Å². The number of carbonyl (C=O) groups excluding carboxylic acids is 1. The second-order valence-electron chi connectivity index (χ2n) is 6.90. The number of aliphatic hydroxyl groups excluding tert-OH is 1. The summed E-state index contributed by atoms with van der Waals surface area (Å²) in [7, 11) is 0. The molecule has 0 aromatic rings. The van der Waals surface area contributed by atoms with Gasteiger partial charge in [-0.3, -0.25) is 14.6 Å². The minimum Gasteiger partial charge on any atom is -0.392 e. The first-order valence-corrected chi connectivity index (χ1v) is 9.02. The fraction of sp³-hybridized carbons (Fsp3) is 0.941. The van der Waals surface area contributed by atoms with Gasteiger partial charge < -0.3 is 10.0 Å². The molecule has 0 aromatic heterocycles. The quantitative estimate of drug-likeness (QED) is 0.800.